The van der Waals surface area contributed by atoms with Gasteiger partial charge in [0.15, 0.2) is 0 Å². The number of aliphatic hydroxyl groups excluding tert-OH is 2. The molecular weight excluding hydrogens is 126 g/mol. The summed E-state index contributed by atoms with van der Waals surface area (Å²) in [5.41, 5.74) is 0. The summed E-state index contributed by atoms with van der Waals surface area (Å²) in [6, 6.07) is 0. The first kappa shape index (κ1) is 8.35. The van der Waals surface area contributed by atoms with Gasteiger partial charge in [0.05, 0.1) is 12.6 Å². The summed E-state index contributed by atoms with van der Waals surface area (Å²) in [6.45, 7) is -0.963. The lowest BCUT2D eigenvalue weighted by Gasteiger charge is -2.08. The number of carboxylic acids is 1. The maximum Gasteiger partial charge on any atom is 0.128 e. The summed E-state index contributed by atoms with van der Waals surface area (Å²) < 4.78 is 0. The molecule has 0 bridgehead atoms. The predicted octanol–water partition coefficient (Wildman–Crippen LogP) is -3.36. The van der Waals surface area contributed by atoms with Gasteiger partial charge >= 0.3 is 0 Å². The van der Waals surface area contributed by atoms with Gasteiger partial charge in [-0.15, -0.1) is 0 Å². The van der Waals surface area contributed by atoms with Crippen LogP contribution in [0.1, 0.15) is 0 Å². The summed E-state index contributed by atoms with van der Waals surface area (Å²) in [5.74, 6) is -1.32. The zero-order chi connectivity index (χ0) is 7.28. The van der Waals surface area contributed by atoms with Crippen LogP contribution in [0, 0.1) is 0 Å². The van der Waals surface area contributed by atoms with Crippen molar-refractivity contribution >= 4 is 5.97 Å². The Bertz CT molecular complexity index is 94.6. The van der Waals surface area contributed by atoms with E-state index in [1.54, 1.807) is 0 Å². The van der Waals surface area contributed by atoms with Gasteiger partial charge in [0, 0.05) is 6.54 Å². The van der Waals surface area contributed by atoms with Crippen LogP contribution in [0.5, 0.6) is 0 Å². The average molecular weight is 134 g/mol. The number of hydrogen-bond donors (Lipinski definition) is 3. The van der Waals surface area contributed by atoms with E-state index in [1.807, 2.05) is 0 Å². The molecule has 0 aliphatic heterocycles. The quantitative estimate of drug-likeness (QED) is 0.349. The first-order chi connectivity index (χ1) is 4.16. The zero-order valence-corrected chi connectivity index (χ0v) is 4.70. The Morgan fingerprint density at radius 2 is 2.33 bits per heavy atom. The van der Waals surface area contributed by atoms with Crippen molar-refractivity contribution in [2.45, 2.75) is 6.23 Å². The fourth-order valence-electron chi connectivity index (χ4n) is 0.266. The van der Waals surface area contributed by atoms with E-state index < -0.39 is 25.3 Å². The summed E-state index contributed by atoms with van der Waals surface area (Å²) in [7, 11) is 0. The average Bonchev–Trinajstić information content (AvgIpc) is 1.83. The second-order valence-corrected chi connectivity index (χ2v) is 1.45. The molecule has 0 amide bonds. The number of carbonyl (C=O) groups excluding carboxylic acids is 1. The highest BCUT2D eigenvalue weighted by Crippen LogP contribution is 1.69. The molecule has 0 aromatic carbocycles. The molecule has 0 fully saturated rings. The Balaban J connectivity index is 3.16. The van der Waals surface area contributed by atoms with Crippen LogP contribution in [0.2, 0.25) is 0 Å². The largest absolute Gasteiger partial charge is 0.549 e. The van der Waals surface area contributed by atoms with Gasteiger partial charge in [-0.1, -0.05) is 0 Å². The maximum absolute atomic E-state index is 9.65. The monoisotopic (exact) mass is 134 g/mol. The molecule has 1 unspecified atom stereocenters. The lowest BCUT2D eigenvalue weighted by atomic mass is 10.5. The molecule has 0 spiro atoms. The van der Waals surface area contributed by atoms with Crippen LogP contribution in [-0.4, -0.2) is 35.6 Å². The van der Waals surface area contributed by atoms with Gasteiger partial charge in [-0.25, -0.2) is 0 Å². The van der Waals surface area contributed by atoms with Crippen molar-refractivity contribution in [1.82, 2.24) is 5.32 Å². The number of aliphatic hydroxyl groups is 2. The van der Waals surface area contributed by atoms with E-state index in [0.717, 1.165) is 0 Å². The van der Waals surface area contributed by atoms with Crippen LogP contribution in [-0.2, 0) is 4.79 Å². The highest BCUT2D eigenvalue weighted by molar-refractivity contribution is 5.66. The smallest absolute Gasteiger partial charge is 0.128 e. The molecule has 5 nitrogen and oxygen atoms in total. The van der Waals surface area contributed by atoms with Crippen molar-refractivity contribution in [2.75, 3.05) is 13.2 Å². The molecular formula is C4H8NO4-. The van der Waals surface area contributed by atoms with Crippen molar-refractivity contribution in [2.24, 2.45) is 0 Å². The van der Waals surface area contributed by atoms with Gasteiger partial charge in [0.1, 0.15) is 6.23 Å². The minimum atomic E-state index is -1.32. The van der Waals surface area contributed by atoms with E-state index in [9.17, 15) is 9.90 Å². The predicted molar refractivity (Wildman–Crippen MR) is 26.1 cm³/mol. The molecule has 0 radical (unpaired) electrons. The molecule has 54 valence electrons. The van der Waals surface area contributed by atoms with Gasteiger partial charge < -0.3 is 20.1 Å². The first-order valence-electron chi connectivity index (χ1n) is 2.39. The molecule has 0 aromatic rings. The standard InChI is InChI=1S/C4H9NO4/c6-2-3(7)5-1-4(8)9/h3,5-7H,1-2H2,(H,8,9)/p-1. The van der Waals surface area contributed by atoms with E-state index in [2.05, 4.69) is 5.32 Å². The normalized spacial score (nSPS) is 13.1. The highest BCUT2D eigenvalue weighted by Gasteiger charge is 1.97. The molecule has 9 heavy (non-hydrogen) atoms. The van der Waals surface area contributed by atoms with Crippen LogP contribution in [0.25, 0.3) is 0 Å². The van der Waals surface area contributed by atoms with Crippen LogP contribution in [0.15, 0.2) is 0 Å². The van der Waals surface area contributed by atoms with Crippen LogP contribution < -0.4 is 10.4 Å². The Hall–Kier alpha value is -0.650. The molecule has 0 heterocycles. The van der Waals surface area contributed by atoms with Gasteiger partial charge in [-0.3, -0.25) is 5.32 Å². The molecule has 0 aliphatic carbocycles. The van der Waals surface area contributed by atoms with Crippen LogP contribution in [0.3, 0.4) is 0 Å². The molecule has 0 aromatic heterocycles. The number of nitrogens with one attached hydrogen (secondary N) is 1. The highest BCUT2D eigenvalue weighted by atomic mass is 16.4. The van der Waals surface area contributed by atoms with E-state index >= 15 is 0 Å². The number of hydrogen-bond acceptors (Lipinski definition) is 5. The molecule has 0 rings (SSSR count). The van der Waals surface area contributed by atoms with E-state index in [1.165, 1.54) is 0 Å². The topological polar surface area (TPSA) is 92.6 Å². The fourth-order valence-corrected chi connectivity index (χ4v) is 0.266. The summed E-state index contributed by atoms with van der Waals surface area (Å²) >= 11 is 0. The third-order valence-electron chi connectivity index (χ3n) is 0.655. The molecule has 0 saturated heterocycles. The van der Waals surface area contributed by atoms with E-state index in [-0.39, 0.29) is 0 Å². The molecule has 5 heteroatoms. The molecule has 0 saturated carbocycles. The Morgan fingerprint density at radius 3 is 2.67 bits per heavy atom. The molecule has 1 atom stereocenters. The number of carbonyl (C=O) groups is 1. The Morgan fingerprint density at radius 1 is 1.78 bits per heavy atom. The van der Waals surface area contributed by atoms with Crippen molar-refractivity contribution in [3.8, 4) is 0 Å². The van der Waals surface area contributed by atoms with Gasteiger partial charge in [-0.2, -0.15) is 0 Å². The van der Waals surface area contributed by atoms with Crippen molar-refractivity contribution < 1.29 is 20.1 Å². The lowest BCUT2D eigenvalue weighted by molar-refractivity contribution is -0.304. The van der Waals surface area contributed by atoms with Crippen molar-refractivity contribution in [3.63, 3.8) is 0 Å². The number of aliphatic carboxylic acids is 1. The van der Waals surface area contributed by atoms with Crippen LogP contribution in [0.4, 0.5) is 0 Å². The second kappa shape index (κ2) is 4.25. The van der Waals surface area contributed by atoms with E-state index in [0.29, 0.717) is 0 Å². The number of carboxylic acid groups (broad SMARTS) is 1. The summed E-state index contributed by atoms with van der Waals surface area (Å²) in [6.07, 6.45) is -1.18. The summed E-state index contributed by atoms with van der Waals surface area (Å²) in [4.78, 5) is 9.65. The third kappa shape index (κ3) is 5.22. The van der Waals surface area contributed by atoms with Gasteiger partial charge in [0.2, 0.25) is 0 Å². The molecule has 3 N–H and O–H groups in total. The minimum Gasteiger partial charge on any atom is -0.549 e. The Labute approximate surface area is 51.9 Å². The maximum atomic E-state index is 9.65. The van der Waals surface area contributed by atoms with E-state index in [4.69, 9.17) is 10.2 Å². The van der Waals surface area contributed by atoms with Gasteiger partial charge in [0.25, 0.3) is 0 Å². The molecule has 0 aliphatic rings. The second-order valence-electron chi connectivity index (χ2n) is 1.45. The van der Waals surface area contributed by atoms with Crippen molar-refractivity contribution in [1.29, 1.82) is 0 Å². The number of rotatable bonds is 4. The lowest BCUT2D eigenvalue weighted by Crippen LogP contribution is -2.41. The minimum absolute atomic E-state index is 0.457. The first-order valence-corrected chi connectivity index (χ1v) is 2.39. The van der Waals surface area contributed by atoms with Gasteiger partial charge in [-0.05, 0) is 0 Å². The SMILES string of the molecule is O=C([O-])CNC(O)CO. The zero-order valence-electron chi connectivity index (χ0n) is 4.70. The third-order valence-corrected chi connectivity index (χ3v) is 0.655. The van der Waals surface area contributed by atoms with Crippen LogP contribution >= 0.6 is 0 Å². The summed E-state index contributed by atoms with van der Waals surface area (Å²) in [5, 5.41) is 28.3. The van der Waals surface area contributed by atoms with Crippen molar-refractivity contribution in [3.05, 3.63) is 0 Å². The fraction of sp³-hybridized carbons (Fsp3) is 0.750. The Kier molecular flexibility index (Phi) is 3.94.